The lowest BCUT2D eigenvalue weighted by atomic mass is 9.61. The van der Waals surface area contributed by atoms with Crippen molar-refractivity contribution in [2.24, 2.45) is 0 Å². The van der Waals surface area contributed by atoms with Gasteiger partial charge in [-0.15, -0.1) is 0 Å². The maximum absolute atomic E-state index is 6.52. The van der Waals surface area contributed by atoms with Crippen LogP contribution in [-0.4, -0.2) is 43.2 Å². The quantitative estimate of drug-likeness (QED) is 0.658. The predicted molar refractivity (Wildman–Crippen MR) is 128 cm³/mol. The molecule has 1 aromatic rings. The Morgan fingerprint density at radius 3 is 1.62 bits per heavy atom. The SMILES string of the molecule is CC1(C)OB(c2ccc(B3OC(C)(C)C(C)(C)O3)c3c2CCCC32CCCO2)OC1(C)C. The van der Waals surface area contributed by atoms with Crippen molar-refractivity contribution in [3.63, 3.8) is 0 Å². The van der Waals surface area contributed by atoms with E-state index in [0.29, 0.717) is 0 Å². The highest BCUT2D eigenvalue weighted by Gasteiger charge is 2.56. The normalized spacial score (nSPS) is 32.0. The Morgan fingerprint density at radius 1 is 0.656 bits per heavy atom. The van der Waals surface area contributed by atoms with Crippen molar-refractivity contribution in [3.05, 3.63) is 23.3 Å². The molecule has 0 bridgehead atoms. The van der Waals surface area contributed by atoms with Crippen LogP contribution in [0.15, 0.2) is 12.1 Å². The highest BCUT2D eigenvalue weighted by atomic mass is 16.7. The third-order valence-electron chi connectivity index (χ3n) is 8.96. The molecule has 174 valence electrons. The monoisotopic (exact) mass is 440 g/mol. The third-order valence-corrected chi connectivity index (χ3v) is 8.96. The molecule has 0 saturated carbocycles. The summed E-state index contributed by atoms with van der Waals surface area (Å²) in [5.74, 6) is 0. The molecular formula is C25H38B2O5. The third kappa shape index (κ3) is 3.26. The van der Waals surface area contributed by atoms with Crippen LogP contribution in [0.3, 0.4) is 0 Å². The second-order valence-corrected chi connectivity index (χ2v) is 12.1. The Kier molecular flexibility index (Phi) is 5.07. The molecular weight excluding hydrogens is 402 g/mol. The summed E-state index contributed by atoms with van der Waals surface area (Å²) in [6, 6.07) is 4.35. The molecule has 3 heterocycles. The van der Waals surface area contributed by atoms with E-state index in [1.165, 1.54) is 11.1 Å². The summed E-state index contributed by atoms with van der Waals surface area (Å²) in [7, 11) is -0.780. The summed E-state index contributed by atoms with van der Waals surface area (Å²) in [5.41, 5.74) is 3.06. The lowest BCUT2D eigenvalue weighted by molar-refractivity contribution is -0.0131. The van der Waals surface area contributed by atoms with Crippen LogP contribution in [0.2, 0.25) is 0 Å². The van der Waals surface area contributed by atoms with E-state index in [1.54, 1.807) is 0 Å². The van der Waals surface area contributed by atoms with Crippen molar-refractivity contribution in [3.8, 4) is 0 Å². The van der Waals surface area contributed by atoms with Gasteiger partial charge in [0, 0.05) is 6.61 Å². The van der Waals surface area contributed by atoms with Gasteiger partial charge in [0.05, 0.1) is 28.0 Å². The van der Waals surface area contributed by atoms with Gasteiger partial charge in [-0.2, -0.15) is 0 Å². The average molecular weight is 440 g/mol. The van der Waals surface area contributed by atoms with Gasteiger partial charge in [-0.05, 0) is 110 Å². The first-order valence-electron chi connectivity index (χ1n) is 12.3. The molecule has 7 heteroatoms. The second kappa shape index (κ2) is 7.08. The number of ether oxygens (including phenoxy) is 1. The molecule has 0 N–H and O–H groups in total. The molecule has 1 aliphatic carbocycles. The van der Waals surface area contributed by atoms with Crippen LogP contribution in [0, 0.1) is 0 Å². The van der Waals surface area contributed by atoms with Crippen LogP contribution >= 0.6 is 0 Å². The summed E-state index contributed by atoms with van der Waals surface area (Å²) in [6.45, 7) is 17.7. The molecule has 0 amide bonds. The zero-order chi connectivity index (χ0) is 23.2. The van der Waals surface area contributed by atoms with Gasteiger partial charge in [0.15, 0.2) is 0 Å². The van der Waals surface area contributed by atoms with E-state index in [9.17, 15) is 0 Å². The molecule has 4 aliphatic rings. The number of hydrogen-bond donors (Lipinski definition) is 0. The van der Waals surface area contributed by atoms with E-state index >= 15 is 0 Å². The van der Waals surface area contributed by atoms with Crippen LogP contribution in [0.1, 0.15) is 92.2 Å². The Bertz CT molecular complexity index is 885. The smallest absolute Gasteiger partial charge is 0.399 e. The van der Waals surface area contributed by atoms with Gasteiger partial charge < -0.3 is 23.4 Å². The first-order chi connectivity index (χ1) is 14.8. The van der Waals surface area contributed by atoms with Gasteiger partial charge in [0.25, 0.3) is 0 Å². The van der Waals surface area contributed by atoms with Gasteiger partial charge >= 0.3 is 14.2 Å². The van der Waals surface area contributed by atoms with Gasteiger partial charge in [-0.25, -0.2) is 0 Å². The van der Waals surface area contributed by atoms with Crippen molar-refractivity contribution in [2.75, 3.05) is 6.61 Å². The topological polar surface area (TPSA) is 46.2 Å². The van der Waals surface area contributed by atoms with E-state index in [-0.39, 0.29) is 35.1 Å². The van der Waals surface area contributed by atoms with E-state index < -0.39 is 7.12 Å². The summed E-state index contributed by atoms with van der Waals surface area (Å²) in [4.78, 5) is 0. The Balaban J connectivity index is 1.63. The fraction of sp³-hybridized carbons (Fsp3) is 0.760. The Labute approximate surface area is 194 Å². The van der Waals surface area contributed by atoms with E-state index in [2.05, 4.69) is 67.5 Å². The minimum absolute atomic E-state index is 0.258. The minimum Gasteiger partial charge on any atom is -0.399 e. The largest absolute Gasteiger partial charge is 0.495 e. The Hall–Kier alpha value is -0.850. The molecule has 32 heavy (non-hydrogen) atoms. The standard InChI is InChI=1S/C25H38B2O5/c1-21(2)22(3,4)30-26(29-21)18-12-13-19(27-31-23(5,6)24(7,8)32-27)20-17(18)11-9-14-25(20)15-10-16-28-25/h12-13H,9-11,14-16H2,1-8H3. The van der Waals surface area contributed by atoms with E-state index in [0.717, 1.165) is 49.6 Å². The zero-order valence-electron chi connectivity index (χ0n) is 21.1. The molecule has 1 spiro atoms. The van der Waals surface area contributed by atoms with E-state index in [4.69, 9.17) is 23.4 Å². The molecule has 1 atom stereocenters. The van der Waals surface area contributed by atoms with Gasteiger partial charge in [0.1, 0.15) is 0 Å². The van der Waals surface area contributed by atoms with Crippen LogP contribution in [0.25, 0.3) is 0 Å². The van der Waals surface area contributed by atoms with Crippen molar-refractivity contribution >= 4 is 25.2 Å². The van der Waals surface area contributed by atoms with Gasteiger partial charge in [-0.1, -0.05) is 12.1 Å². The first kappa shape index (κ1) is 22.9. The molecule has 1 aromatic carbocycles. The number of hydrogen-bond acceptors (Lipinski definition) is 5. The molecule has 5 nitrogen and oxygen atoms in total. The summed E-state index contributed by atoms with van der Waals surface area (Å²) < 4.78 is 32.5. The van der Waals surface area contributed by atoms with Crippen molar-refractivity contribution in [1.82, 2.24) is 0 Å². The minimum atomic E-state index is -0.403. The first-order valence-corrected chi connectivity index (χ1v) is 12.3. The summed E-state index contributed by atoms with van der Waals surface area (Å²) >= 11 is 0. The predicted octanol–water partition coefficient (Wildman–Crippen LogP) is 3.63. The molecule has 3 saturated heterocycles. The van der Waals surface area contributed by atoms with Gasteiger partial charge in [0.2, 0.25) is 0 Å². The summed E-state index contributed by atoms with van der Waals surface area (Å²) in [6.07, 6.45) is 5.27. The summed E-state index contributed by atoms with van der Waals surface area (Å²) in [5, 5.41) is 0. The molecule has 3 aliphatic heterocycles. The lowest BCUT2D eigenvalue weighted by Crippen LogP contribution is -2.49. The van der Waals surface area contributed by atoms with Crippen molar-refractivity contribution < 1.29 is 23.4 Å². The average Bonchev–Trinajstić information content (AvgIpc) is 3.28. The molecule has 5 rings (SSSR count). The highest BCUT2D eigenvalue weighted by molar-refractivity contribution is 6.65. The fourth-order valence-corrected chi connectivity index (χ4v) is 5.61. The van der Waals surface area contributed by atoms with Gasteiger partial charge in [-0.3, -0.25) is 0 Å². The van der Waals surface area contributed by atoms with Crippen LogP contribution in [0.5, 0.6) is 0 Å². The lowest BCUT2D eigenvalue weighted by Gasteiger charge is -2.38. The van der Waals surface area contributed by atoms with Crippen molar-refractivity contribution in [2.45, 2.75) is 115 Å². The molecule has 0 aromatic heterocycles. The number of rotatable bonds is 2. The number of fused-ring (bicyclic) bond motifs is 2. The van der Waals surface area contributed by atoms with E-state index in [1.807, 2.05) is 0 Å². The number of benzene rings is 1. The zero-order valence-corrected chi connectivity index (χ0v) is 21.1. The second-order valence-electron chi connectivity index (χ2n) is 12.1. The molecule has 3 fully saturated rings. The van der Waals surface area contributed by atoms with Crippen LogP contribution < -0.4 is 10.9 Å². The molecule has 1 unspecified atom stereocenters. The maximum Gasteiger partial charge on any atom is 0.495 e. The van der Waals surface area contributed by atoms with Crippen LogP contribution in [-0.2, 0) is 35.4 Å². The molecule has 0 radical (unpaired) electrons. The fourth-order valence-electron chi connectivity index (χ4n) is 5.61. The van der Waals surface area contributed by atoms with Crippen LogP contribution in [0.4, 0.5) is 0 Å². The Morgan fingerprint density at radius 2 is 1.12 bits per heavy atom. The highest BCUT2D eigenvalue weighted by Crippen LogP contribution is 2.46. The maximum atomic E-state index is 6.52. The van der Waals surface area contributed by atoms with Crippen molar-refractivity contribution in [1.29, 1.82) is 0 Å².